The predicted octanol–water partition coefficient (Wildman–Crippen LogP) is 0.578. The Hall–Kier alpha value is -1.74. The fourth-order valence-electron chi connectivity index (χ4n) is 2.89. The van der Waals surface area contributed by atoms with Gasteiger partial charge in [-0.05, 0) is 12.8 Å². The van der Waals surface area contributed by atoms with E-state index in [2.05, 4.69) is 20.3 Å². The second-order valence-electron chi connectivity index (χ2n) is 5.16. The number of rotatable bonds is 3. The van der Waals surface area contributed by atoms with Gasteiger partial charge in [-0.1, -0.05) is 23.8 Å². The molecule has 8 nitrogen and oxygen atoms in total. The summed E-state index contributed by atoms with van der Waals surface area (Å²) in [5, 5.41) is 7.33. The van der Waals surface area contributed by atoms with Crippen LogP contribution in [-0.4, -0.2) is 32.0 Å². The molecule has 0 atom stereocenters. The summed E-state index contributed by atoms with van der Waals surface area (Å²) in [4.78, 5) is 25.9. The van der Waals surface area contributed by atoms with Crippen LogP contribution in [0.25, 0.3) is 0 Å². The number of carbonyl (C=O) groups is 2. The summed E-state index contributed by atoms with van der Waals surface area (Å²) in [5.41, 5.74) is 2.28. The van der Waals surface area contributed by atoms with Crippen LogP contribution in [0.5, 0.6) is 0 Å². The molecule has 1 aliphatic carbocycles. The maximum atomic E-state index is 12.6. The molecule has 1 saturated carbocycles. The molecule has 3 rings (SSSR count). The van der Waals surface area contributed by atoms with Gasteiger partial charge in [-0.3, -0.25) is 9.69 Å². The molecule has 0 bridgehead atoms. The number of urea groups is 1. The standard InChI is InChI=1S/C11H16N6O2S/c12-14-8-7(15-16-20-8)6-17-9(18)11(13-10(17)19)4-2-1-3-5-11/h14H,1-6,12H2,(H,13,19). The molecule has 2 fully saturated rings. The largest absolute Gasteiger partial charge is 0.325 e. The van der Waals surface area contributed by atoms with Gasteiger partial charge in [-0.2, -0.15) is 0 Å². The van der Waals surface area contributed by atoms with Gasteiger partial charge in [0.05, 0.1) is 6.54 Å². The summed E-state index contributed by atoms with van der Waals surface area (Å²) in [6.45, 7) is 0.0997. The molecule has 1 saturated heterocycles. The molecule has 108 valence electrons. The average molecular weight is 296 g/mol. The van der Waals surface area contributed by atoms with Crippen molar-refractivity contribution in [3.63, 3.8) is 0 Å². The SMILES string of the molecule is NNc1snnc1CN1C(=O)NC2(CCCCC2)C1=O. The molecule has 9 heteroatoms. The first-order chi connectivity index (χ1) is 9.66. The molecule has 1 spiro atoms. The Morgan fingerprint density at radius 2 is 2.10 bits per heavy atom. The number of aromatic nitrogens is 2. The van der Waals surface area contributed by atoms with Gasteiger partial charge in [-0.15, -0.1) is 5.10 Å². The molecule has 1 aromatic heterocycles. The van der Waals surface area contributed by atoms with Gasteiger partial charge in [0.1, 0.15) is 16.2 Å². The quantitative estimate of drug-likeness (QED) is 0.427. The Kier molecular flexibility index (Phi) is 3.30. The predicted molar refractivity (Wildman–Crippen MR) is 72.6 cm³/mol. The number of nitrogens with zero attached hydrogens (tertiary/aromatic N) is 3. The Labute approximate surface area is 119 Å². The Balaban J connectivity index is 1.80. The van der Waals surface area contributed by atoms with Crippen molar-refractivity contribution in [1.29, 1.82) is 0 Å². The maximum Gasteiger partial charge on any atom is 0.325 e. The van der Waals surface area contributed by atoms with E-state index in [0.717, 1.165) is 30.8 Å². The van der Waals surface area contributed by atoms with E-state index in [1.807, 2.05) is 0 Å². The number of anilines is 1. The lowest BCUT2D eigenvalue weighted by Gasteiger charge is -2.30. The zero-order valence-electron chi connectivity index (χ0n) is 10.9. The number of carbonyl (C=O) groups excluding carboxylic acids is 2. The molecular weight excluding hydrogens is 280 g/mol. The molecular formula is C11H16N6O2S. The van der Waals surface area contributed by atoms with Crippen LogP contribution < -0.4 is 16.6 Å². The third-order valence-electron chi connectivity index (χ3n) is 3.95. The molecule has 1 aromatic rings. The normalized spacial score (nSPS) is 21.4. The van der Waals surface area contributed by atoms with Crippen molar-refractivity contribution >= 4 is 28.5 Å². The first-order valence-electron chi connectivity index (χ1n) is 6.58. The van der Waals surface area contributed by atoms with Crippen molar-refractivity contribution in [2.24, 2.45) is 5.84 Å². The summed E-state index contributed by atoms with van der Waals surface area (Å²) in [5.74, 6) is 5.20. The minimum atomic E-state index is -0.699. The van der Waals surface area contributed by atoms with Crippen molar-refractivity contribution in [2.45, 2.75) is 44.2 Å². The summed E-state index contributed by atoms with van der Waals surface area (Å²) >= 11 is 1.10. The minimum Gasteiger partial charge on any atom is -0.323 e. The van der Waals surface area contributed by atoms with Gasteiger partial charge >= 0.3 is 6.03 Å². The zero-order chi connectivity index (χ0) is 14.2. The first-order valence-corrected chi connectivity index (χ1v) is 7.35. The lowest BCUT2D eigenvalue weighted by atomic mass is 9.82. The smallest absolute Gasteiger partial charge is 0.323 e. The number of nitrogens with two attached hydrogens (primary N) is 1. The molecule has 4 N–H and O–H groups in total. The van der Waals surface area contributed by atoms with E-state index >= 15 is 0 Å². The van der Waals surface area contributed by atoms with Crippen LogP contribution in [0.3, 0.4) is 0 Å². The number of amides is 3. The molecule has 0 aromatic carbocycles. The average Bonchev–Trinajstić information content (AvgIpc) is 2.99. The van der Waals surface area contributed by atoms with Crippen molar-refractivity contribution in [3.8, 4) is 0 Å². The Morgan fingerprint density at radius 1 is 1.35 bits per heavy atom. The third-order valence-corrected chi connectivity index (χ3v) is 4.65. The summed E-state index contributed by atoms with van der Waals surface area (Å²) < 4.78 is 3.77. The van der Waals surface area contributed by atoms with E-state index in [-0.39, 0.29) is 18.5 Å². The van der Waals surface area contributed by atoms with Crippen molar-refractivity contribution in [1.82, 2.24) is 19.8 Å². The topological polar surface area (TPSA) is 113 Å². The molecule has 20 heavy (non-hydrogen) atoms. The molecule has 2 heterocycles. The highest BCUT2D eigenvalue weighted by atomic mass is 32.1. The van der Waals surface area contributed by atoms with Crippen molar-refractivity contribution in [3.05, 3.63) is 5.69 Å². The van der Waals surface area contributed by atoms with Gasteiger partial charge in [-0.25, -0.2) is 10.6 Å². The van der Waals surface area contributed by atoms with Crippen LogP contribution in [0.15, 0.2) is 0 Å². The summed E-state index contributed by atoms with van der Waals surface area (Å²) in [6.07, 6.45) is 4.47. The maximum absolute atomic E-state index is 12.6. The van der Waals surface area contributed by atoms with E-state index in [0.29, 0.717) is 23.5 Å². The number of nitrogens with one attached hydrogen (secondary N) is 2. The number of imide groups is 1. The highest BCUT2D eigenvalue weighted by molar-refractivity contribution is 7.10. The Morgan fingerprint density at radius 3 is 2.80 bits per heavy atom. The molecule has 0 unspecified atom stereocenters. The fourth-order valence-corrected chi connectivity index (χ4v) is 3.37. The number of hydrogen-bond donors (Lipinski definition) is 3. The minimum absolute atomic E-state index is 0.0997. The lowest BCUT2D eigenvalue weighted by molar-refractivity contribution is -0.132. The molecule has 0 radical (unpaired) electrons. The Bertz CT molecular complexity index is 539. The van der Waals surface area contributed by atoms with Gasteiger partial charge in [0, 0.05) is 11.5 Å². The molecule has 1 aliphatic heterocycles. The highest BCUT2D eigenvalue weighted by Gasteiger charge is 2.51. The van der Waals surface area contributed by atoms with Crippen LogP contribution in [0.4, 0.5) is 9.80 Å². The van der Waals surface area contributed by atoms with E-state index < -0.39 is 5.54 Å². The van der Waals surface area contributed by atoms with Gasteiger partial charge in [0.15, 0.2) is 0 Å². The van der Waals surface area contributed by atoms with Crippen LogP contribution in [0, 0.1) is 0 Å². The van der Waals surface area contributed by atoms with Gasteiger partial charge in [0.25, 0.3) is 5.91 Å². The van der Waals surface area contributed by atoms with E-state index in [9.17, 15) is 9.59 Å². The van der Waals surface area contributed by atoms with Crippen LogP contribution in [0.2, 0.25) is 0 Å². The summed E-state index contributed by atoms with van der Waals surface area (Å²) in [6, 6.07) is -0.354. The summed E-state index contributed by atoms with van der Waals surface area (Å²) in [7, 11) is 0. The van der Waals surface area contributed by atoms with Gasteiger partial charge in [0.2, 0.25) is 0 Å². The van der Waals surface area contributed by atoms with Crippen molar-refractivity contribution in [2.75, 3.05) is 5.43 Å². The molecule has 3 amide bonds. The van der Waals surface area contributed by atoms with Crippen LogP contribution in [-0.2, 0) is 11.3 Å². The van der Waals surface area contributed by atoms with Crippen molar-refractivity contribution < 1.29 is 9.59 Å². The van der Waals surface area contributed by atoms with E-state index in [1.54, 1.807) is 0 Å². The molecule has 2 aliphatic rings. The fraction of sp³-hybridized carbons (Fsp3) is 0.636. The number of nitrogen functional groups attached to an aromatic ring is 1. The number of hydrogen-bond acceptors (Lipinski definition) is 7. The van der Waals surface area contributed by atoms with E-state index in [4.69, 9.17) is 5.84 Å². The second kappa shape index (κ2) is 4.98. The highest BCUT2D eigenvalue weighted by Crippen LogP contribution is 2.34. The third kappa shape index (κ3) is 2.02. The number of hydrazine groups is 1. The van der Waals surface area contributed by atoms with Crippen LogP contribution in [0.1, 0.15) is 37.8 Å². The second-order valence-corrected chi connectivity index (χ2v) is 5.91. The monoisotopic (exact) mass is 296 g/mol. The van der Waals surface area contributed by atoms with Gasteiger partial charge < -0.3 is 10.7 Å². The zero-order valence-corrected chi connectivity index (χ0v) is 11.7. The van der Waals surface area contributed by atoms with E-state index in [1.165, 1.54) is 4.90 Å². The lowest BCUT2D eigenvalue weighted by Crippen LogP contribution is -2.48. The first kappa shape index (κ1) is 13.3. The van der Waals surface area contributed by atoms with Crippen LogP contribution >= 0.6 is 11.5 Å².